The Kier molecular flexibility index (Phi) is 4.91. The van der Waals surface area contributed by atoms with Gasteiger partial charge in [0.15, 0.2) is 5.65 Å². The van der Waals surface area contributed by atoms with E-state index < -0.39 is 17.6 Å². The van der Waals surface area contributed by atoms with E-state index >= 15 is 0 Å². The maximum atomic E-state index is 13.0. The van der Waals surface area contributed by atoms with E-state index in [2.05, 4.69) is 10.3 Å². The van der Waals surface area contributed by atoms with Crippen molar-refractivity contribution in [1.29, 1.82) is 0 Å². The van der Waals surface area contributed by atoms with Crippen LogP contribution in [0.5, 0.6) is 0 Å². The molecule has 0 spiro atoms. The number of benzene rings is 1. The lowest BCUT2D eigenvalue weighted by molar-refractivity contribution is -0.137. The van der Waals surface area contributed by atoms with Crippen molar-refractivity contribution in [2.75, 3.05) is 6.54 Å². The third kappa shape index (κ3) is 3.67. The van der Waals surface area contributed by atoms with E-state index in [0.717, 1.165) is 22.2 Å². The molecule has 8 heteroatoms. The highest BCUT2D eigenvalue weighted by atomic mass is 35.5. The van der Waals surface area contributed by atoms with E-state index in [1.165, 1.54) is 0 Å². The lowest BCUT2D eigenvalue weighted by Gasteiger charge is -2.10. The van der Waals surface area contributed by atoms with Crippen LogP contribution >= 0.6 is 11.6 Å². The Balaban J connectivity index is 1.87. The highest BCUT2D eigenvalue weighted by Crippen LogP contribution is 2.33. The van der Waals surface area contributed by atoms with E-state index in [4.69, 9.17) is 11.6 Å². The highest BCUT2D eigenvalue weighted by Gasteiger charge is 2.32. The van der Waals surface area contributed by atoms with Crippen LogP contribution in [0.3, 0.4) is 0 Å². The second kappa shape index (κ2) is 6.99. The van der Waals surface area contributed by atoms with Crippen LogP contribution in [-0.2, 0) is 12.6 Å². The van der Waals surface area contributed by atoms with Crippen LogP contribution in [0.4, 0.5) is 13.2 Å². The van der Waals surface area contributed by atoms with Crippen molar-refractivity contribution >= 4 is 23.2 Å². The van der Waals surface area contributed by atoms with E-state index in [0.29, 0.717) is 18.7 Å². The zero-order chi connectivity index (χ0) is 18.9. The second-order valence-electron chi connectivity index (χ2n) is 5.81. The maximum Gasteiger partial charge on any atom is 0.417 e. The first-order valence-corrected chi connectivity index (χ1v) is 8.22. The van der Waals surface area contributed by atoms with Crippen molar-refractivity contribution in [2.45, 2.75) is 19.5 Å². The van der Waals surface area contributed by atoms with Crippen molar-refractivity contribution in [3.8, 4) is 0 Å². The molecule has 2 heterocycles. The van der Waals surface area contributed by atoms with E-state index in [1.807, 2.05) is 30.3 Å². The molecule has 1 aromatic carbocycles. The predicted molar refractivity (Wildman–Crippen MR) is 92.4 cm³/mol. The summed E-state index contributed by atoms with van der Waals surface area (Å²) in [4.78, 5) is 16.6. The molecule has 0 radical (unpaired) electrons. The average molecular weight is 382 g/mol. The SMILES string of the molecule is Cc1nc2c(Cl)cc(C(F)(F)F)cn2c1C(=O)NCCc1ccccc1. The molecule has 1 N–H and O–H groups in total. The summed E-state index contributed by atoms with van der Waals surface area (Å²) >= 11 is 5.93. The largest absolute Gasteiger partial charge is 0.417 e. The van der Waals surface area contributed by atoms with Gasteiger partial charge >= 0.3 is 6.18 Å². The number of aromatic nitrogens is 2. The number of nitrogens with one attached hydrogen (secondary N) is 1. The summed E-state index contributed by atoms with van der Waals surface area (Å²) < 4.78 is 40.2. The molecule has 0 fully saturated rings. The molecule has 3 rings (SSSR count). The van der Waals surface area contributed by atoms with Crippen LogP contribution in [-0.4, -0.2) is 21.8 Å². The minimum absolute atomic E-state index is 0.0426. The van der Waals surface area contributed by atoms with Gasteiger partial charge in [0, 0.05) is 12.7 Å². The summed E-state index contributed by atoms with van der Waals surface area (Å²) in [7, 11) is 0. The number of rotatable bonds is 4. The number of hydrogen-bond acceptors (Lipinski definition) is 2. The number of nitrogens with zero attached hydrogens (tertiary/aromatic N) is 2. The number of carbonyl (C=O) groups is 1. The number of alkyl halides is 3. The fourth-order valence-electron chi connectivity index (χ4n) is 2.69. The Bertz CT molecular complexity index is 952. The summed E-state index contributed by atoms with van der Waals surface area (Å²) in [6.07, 6.45) is -3.12. The van der Waals surface area contributed by atoms with E-state index in [9.17, 15) is 18.0 Å². The molecular formula is C18H15ClF3N3O. The number of hydrogen-bond donors (Lipinski definition) is 1. The topological polar surface area (TPSA) is 46.4 Å². The molecule has 2 aromatic heterocycles. The average Bonchev–Trinajstić information content (AvgIpc) is 2.91. The normalized spacial score (nSPS) is 11.7. The molecule has 0 bridgehead atoms. The Morgan fingerprint density at radius 3 is 2.62 bits per heavy atom. The summed E-state index contributed by atoms with van der Waals surface area (Å²) in [5.74, 6) is -0.499. The molecular weight excluding hydrogens is 367 g/mol. The Labute approximate surface area is 152 Å². The Hall–Kier alpha value is -2.54. The van der Waals surface area contributed by atoms with Crippen LogP contribution in [0.25, 0.3) is 5.65 Å². The molecule has 0 aliphatic rings. The zero-order valence-electron chi connectivity index (χ0n) is 13.8. The first-order valence-electron chi connectivity index (χ1n) is 7.85. The predicted octanol–water partition coefficient (Wildman–Crippen LogP) is 4.29. The Morgan fingerprint density at radius 2 is 1.96 bits per heavy atom. The number of amides is 1. The number of fused-ring (bicyclic) bond motifs is 1. The quantitative estimate of drug-likeness (QED) is 0.733. The molecule has 0 saturated heterocycles. The van der Waals surface area contributed by atoms with Crippen LogP contribution in [0.15, 0.2) is 42.6 Å². The maximum absolute atomic E-state index is 13.0. The summed E-state index contributed by atoms with van der Waals surface area (Å²) in [6, 6.07) is 10.4. The van der Waals surface area contributed by atoms with Gasteiger partial charge in [-0.1, -0.05) is 41.9 Å². The fraction of sp³-hybridized carbons (Fsp3) is 0.222. The molecule has 136 valence electrons. The van der Waals surface area contributed by atoms with Gasteiger partial charge in [0.05, 0.1) is 16.3 Å². The molecule has 0 aliphatic heterocycles. The minimum Gasteiger partial charge on any atom is -0.350 e. The monoisotopic (exact) mass is 381 g/mol. The second-order valence-corrected chi connectivity index (χ2v) is 6.21. The Morgan fingerprint density at radius 1 is 1.27 bits per heavy atom. The number of imidazole rings is 1. The third-order valence-corrected chi connectivity index (χ3v) is 4.21. The van der Waals surface area contributed by atoms with Crippen molar-refractivity contribution in [3.63, 3.8) is 0 Å². The van der Waals surface area contributed by atoms with Crippen LogP contribution in [0.2, 0.25) is 5.02 Å². The minimum atomic E-state index is -4.57. The van der Waals surface area contributed by atoms with Gasteiger partial charge in [-0.2, -0.15) is 13.2 Å². The van der Waals surface area contributed by atoms with Gasteiger partial charge in [0.1, 0.15) is 5.69 Å². The van der Waals surface area contributed by atoms with E-state index in [1.54, 1.807) is 6.92 Å². The summed E-state index contributed by atoms with van der Waals surface area (Å²) in [5.41, 5.74) is 0.575. The molecule has 0 saturated carbocycles. The highest BCUT2D eigenvalue weighted by molar-refractivity contribution is 6.33. The number of halogens is 4. The van der Waals surface area contributed by atoms with Gasteiger partial charge in [-0.15, -0.1) is 0 Å². The zero-order valence-corrected chi connectivity index (χ0v) is 14.5. The van der Waals surface area contributed by atoms with Gasteiger partial charge in [-0.05, 0) is 25.0 Å². The van der Waals surface area contributed by atoms with Crippen molar-refractivity contribution in [3.05, 3.63) is 70.1 Å². The van der Waals surface area contributed by atoms with Gasteiger partial charge in [0.25, 0.3) is 5.91 Å². The van der Waals surface area contributed by atoms with Gasteiger partial charge in [0.2, 0.25) is 0 Å². The smallest absolute Gasteiger partial charge is 0.350 e. The van der Waals surface area contributed by atoms with Crippen molar-refractivity contribution < 1.29 is 18.0 Å². The summed E-state index contributed by atoms with van der Waals surface area (Å²) in [6.45, 7) is 1.91. The lowest BCUT2D eigenvalue weighted by atomic mass is 10.1. The molecule has 4 nitrogen and oxygen atoms in total. The van der Waals surface area contributed by atoms with Crippen LogP contribution in [0.1, 0.15) is 27.3 Å². The van der Waals surface area contributed by atoms with Crippen LogP contribution < -0.4 is 5.32 Å². The molecule has 0 unspecified atom stereocenters. The van der Waals surface area contributed by atoms with Gasteiger partial charge in [-0.25, -0.2) is 4.98 Å². The molecule has 0 aliphatic carbocycles. The van der Waals surface area contributed by atoms with E-state index in [-0.39, 0.29) is 16.4 Å². The first-order chi connectivity index (χ1) is 12.3. The van der Waals surface area contributed by atoms with Crippen molar-refractivity contribution in [2.24, 2.45) is 0 Å². The standard InChI is InChI=1S/C18H15ClF3N3O/c1-11-15(17(26)23-8-7-12-5-3-2-4-6-12)25-10-13(18(20,21)22)9-14(19)16(25)24-11/h2-6,9-10H,7-8H2,1H3,(H,23,26). The number of pyridine rings is 1. The lowest BCUT2D eigenvalue weighted by Crippen LogP contribution is -2.27. The first kappa shape index (κ1) is 18.3. The molecule has 3 aromatic rings. The van der Waals surface area contributed by atoms with Crippen LogP contribution in [0, 0.1) is 6.92 Å². The van der Waals surface area contributed by atoms with Gasteiger partial charge < -0.3 is 5.32 Å². The number of aryl methyl sites for hydroxylation is 1. The van der Waals surface area contributed by atoms with Gasteiger partial charge in [-0.3, -0.25) is 9.20 Å². The molecule has 26 heavy (non-hydrogen) atoms. The van der Waals surface area contributed by atoms with Crippen molar-refractivity contribution in [1.82, 2.24) is 14.7 Å². The fourth-order valence-corrected chi connectivity index (χ4v) is 2.95. The molecule has 1 amide bonds. The molecule has 0 atom stereocenters. The summed E-state index contributed by atoms with van der Waals surface area (Å²) in [5, 5.41) is 2.56. The third-order valence-electron chi connectivity index (χ3n) is 3.93. The number of carbonyl (C=O) groups excluding carboxylic acids is 1.